The standard InChI is InChI=1S/C11H19NO8/c1-2-3-4-11(15,20-12(16)17)10(14)6-19-8-7(13)5-18-9(8)10/h7-9,13-15H,2-6H2,1H3/t7-,8-,9+,10-,11?/m1/s1. The van der Waals surface area contributed by atoms with Crippen LogP contribution in [0.5, 0.6) is 0 Å². The van der Waals surface area contributed by atoms with E-state index in [1.54, 1.807) is 0 Å². The molecule has 9 heteroatoms. The van der Waals surface area contributed by atoms with Gasteiger partial charge in [0.25, 0.3) is 5.09 Å². The summed E-state index contributed by atoms with van der Waals surface area (Å²) in [6.07, 6.45) is -1.93. The summed E-state index contributed by atoms with van der Waals surface area (Å²) in [5, 5.41) is 40.2. The van der Waals surface area contributed by atoms with Crippen LogP contribution in [0.3, 0.4) is 0 Å². The van der Waals surface area contributed by atoms with Crippen molar-refractivity contribution in [2.24, 2.45) is 0 Å². The number of aliphatic hydroxyl groups is 3. The van der Waals surface area contributed by atoms with Crippen LogP contribution < -0.4 is 0 Å². The summed E-state index contributed by atoms with van der Waals surface area (Å²) < 4.78 is 10.4. The zero-order valence-corrected chi connectivity index (χ0v) is 11.1. The molecule has 2 fully saturated rings. The zero-order chi connectivity index (χ0) is 15.0. The minimum absolute atomic E-state index is 0.0695. The molecule has 2 saturated heterocycles. The topological polar surface area (TPSA) is 132 Å². The van der Waals surface area contributed by atoms with E-state index in [0.717, 1.165) is 0 Å². The first-order valence-electron chi connectivity index (χ1n) is 6.53. The molecular weight excluding hydrogens is 274 g/mol. The van der Waals surface area contributed by atoms with Gasteiger partial charge in [0.2, 0.25) is 5.79 Å². The van der Waals surface area contributed by atoms with Gasteiger partial charge in [-0.25, -0.2) is 0 Å². The molecule has 2 aliphatic rings. The largest absolute Gasteiger partial charge is 0.388 e. The molecule has 0 radical (unpaired) electrons. The molecule has 0 amide bonds. The van der Waals surface area contributed by atoms with Crippen LogP contribution in [0.15, 0.2) is 0 Å². The third kappa shape index (κ3) is 2.35. The van der Waals surface area contributed by atoms with Gasteiger partial charge in [-0.05, 0) is 6.42 Å². The molecule has 2 heterocycles. The molecule has 0 aromatic rings. The van der Waals surface area contributed by atoms with Crippen molar-refractivity contribution in [3.05, 3.63) is 10.1 Å². The second-order valence-electron chi connectivity index (χ2n) is 5.22. The molecule has 2 rings (SSSR count). The lowest BCUT2D eigenvalue weighted by molar-refractivity contribution is -0.803. The van der Waals surface area contributed by atoms with Crippen LogP contribution in [0, 0.1) is 10.1 Å². The number of hydrogen-bond donors (Lipinski definition) is 3. The average molecular weight is 293 g/mol. The van der Waals surface area contributed by atoms with Crippen LogP contribution in [-0.4, -0.2) is 63.3 Å². The number of nitrogens with zero attached hydrogens (tertiary/aromatic N) is 1. The summed E-state index contributed by atoms with van der Waals surface area (Å²) in [5.74, 6) is -2.43. The summed E-state index contributed by atoms with van der Waals surface area (Å²) in [5.41, 5.74) is -2.10. The smallest absolute Gasteiger partial charge is 0.297 e. The van der Waals surface area contributed by atoms with Crippen molar-refractivity contribution in [3.8, 4) is 0 Å². The lowest BCUT2D eigenvalue weighted by Crippen LogP contribution is -2.63. The lowest BCUT2D eigenvalue weighted by Gasteiger charge is -2.40. The number of unbranched alkanes of at least 4 members (excludes halogenated alkanes) is 1. The van der Waals surface area contributed by atoms with Crippen molar-refractivity contribution in [3.63, 3.8) is 0 Å². The summed E-state index contributed by atoms with van der Waals surface area (Å²) >= 11 is 0. The number of rotatable bonds is 6. The number of hydrogen-bond acceptors (Lipinski definition) is 8. The SMILES string of the molecule is CCCCC(O)(O[N+](=O)[O-])[C@@]1(O)CO[C@@H]2[C@H](O)CO[C@@H]21. The third-order valence-corrected chi connectivity index (χ3v) is 3.86. The molecule has 116 valence electrons. The highest BCUT2D eigenvalue weighted by atomic mass is 17.0. The Kier molecular flexibility index (Phi) is 4.17. The highest BCUT2D eigenvalue weighted by Crippen LogP contribution is 2.43. The number of aliphatic hydroxyl groups excluding tert-OH is 1. The molecule has 2 aliphatic heterocycles. The Hall–Kier alpha value is -1.00. The zero-order valence-electron chi connectivity index (χ0n) is 11.1. The van der Waals surface area contributed by atoms with Gasteiger partial charge in [-0.3, -0.25) is 4.84 Å². The first-order valence-corrected chi connectivity index (χ1v) is 6.53. The molecule has 0 aliphatic carbocycles. The molecular formula is C11H19NO8. The van der Waals surface area contributed by atoms with E-state index in [4.69, 9.17) is 9.47 Å². The molecule has 0 saturated carbocycles. The van der Waals surface area contributed by atoms with Crippen LogP contribution >= 0.6 is 0 Å². The fraction of sp³-hybridized carbons (Fsp3) is 1.00. The molecule has 0 aromatic carbocycles. The molecule has 5 atom stereocenters. The minimum atomic E-state index is -2.43. The average Bonchev–Trinajstić information content (AvgIpc) is 2.90. The minimum Gasteiger partial charge on any atom is -0.388 e. The van der Waals surface area contributed by atoms with Crippen LogP contribution in [-0.2, 0) is 14.3 Å². The fourth-order valence-corrected chi connectivity index (χ4v) is 2.72. The molecule has 3 N–H and O–H groups in total. The Morgan fingerprint density at radius 1 is 1.55 bits per heavy atom. The highest BCUT2D eigenvalue weighted by molar-refractivity contribution is 5.10. The Bertz CT molecular complexity index is 379. The van der Waals surface area contributed by atoms with E-state index in [0.29, 0.717) is 12.8 Å². The second-order valence-corrected chi connectivity index (χ2v) is 5.22. The van der Waals surface area contributed by atoms with Crippen LogP contribution in [0.1, 0.15) is 26.2 Å². The van der Waals surface area contributed by atoms with Gasteiger partial charge in [0.1, 0.15) is 18.3 Å². The van der Waals surface area contributed by atoms with E-state index >= 15 is 0 Å². The summed E-state index contributed by atoms with van der Waals surface area (Å²) in [6, 6.07) is 0. The Labute approximate surface area is 115 Å². The van der Waals surface area contributed by atoms with Crippen molar-refractivity contribution in [2.75, 3.05) is 13.2 Å². The maximum atomic E-state index is 10.6. The van der Waals surface area contributed by atoms with Crippen molar-refractivity contribution in [1.29, 1.82) is 0 Å². The molecule has 1 unspecified atom stereocenters. The first kappa shape index (κ1) is 15.4. The van der Waals surface area contributed by atoms with Crippen molar-refractivity contribution in [1.82, 2.24) is 0 Å². The quantitative estimate of drug-likeness (QED) is 0.321. The van der Waals surface area contributed by atoms with Gasteiger partial charge in [-0.1, -0.05) is 13.3 Å². The van der Waals surface area contributed by atoms with Crippen LogP contribution in [0.25, 0.3) is 0 Å². The molecule has 0 bridgehead atoms. The Morgan fingerprint density at radius 3 is 2.85 bits per heavy atom. The maximum Gasteiger partial charge on any atom is 0.297 e. The lowest BCUT2D eigenvalue weighted by atomic mass is 9.84. The van der Waals surface area contributed by atoms with Crippen molar-refractivity contribution < 1.29 is 34.7 Å². The van der Waals surface area contributed by atoms with Crippen LogP contribution in [0.4, 0.5) is 0 Å². The summed E-state index contributed by atoms with van der Waals surface area (Å²) in [6.45, 7) is 1.35. The first-order chi connectivity index (χ1) is 9.34. The second kappa shape index (κ2) is 5.41. The highest BCUT2D eigenvalue weighted by Gasteiger charge is 2.66. The predicted octanol–water partition coefficient (Wildman–Crippen LogP) is -1.04. The normalized spacial score (nSPS) is 39.3. The molecule has 0 aromatic heterocycles. The molecule has 20 heavy (non-hydrogen) atoms. The van der Waals surface area contributed by atoms with Gasteiger partial charge in [-0.2, -0.15) is 0 Å². The van der Waals surface area contributed by atoms with E-state index in [2.05, 4.69) is 4.84 Å². The van der Waals surface area contributed by atoms with E-state index in [-0.39, 0.29) is 13.0 Å². The van der Waals surface area contributed by atoms with Gasteiger partial charge in [-0.15, -0.1) is 10.1 Å². The summed E-state index contributed by atoms with van der Waals surface area (Å²) in [4.78, 5) is 15.0. The Morgan fingerprint density at radius 2 is 2.25 bits per heavy atom. The van der Waals surface area contributed by atoms with Crippen molar-refractivity contribution in [2.45, 2.75) is 55.9 Å². The molecule has 0 spiro atoms. The monoisotopic (exact) mass is 293 g/mol. The van der Waals surface area contributed by atoms with Crippen molar-refractivity contribution >= 4 is 0 Å². The Balaban J connectivity index is 2.25. The summed E-state index contributed by atoms with van der Waals surface area (Å²) in [7, 11) is 0. The van der Waals surface area contributed by atoms with Gasteiger partial charge in [0.15, 0.2) is 5.60 Å². The predicted molar refractivity (Wildman–Crippen MR) is 63.0 cm³/mol. The molecule has 9 nitrogen and oxygen atoms in total. The van der Waals surface area contributed by atoms with Gasteiger partial charge >= 0.3 is 0 Å². The maximum absolute atomic E-state index is 10.6. The third-order valence-electron chi connectivity index (χ3n) is 3.86. The van der Waals surface area contributed by atoms with Crippen LogP contribution in [0.2, 0.25) is 0 Å². The van der Waals surface area contributed by atoms with E-state index in [9.17, 15) is 25.4 Å². The van der Waals surface area contributed by atoms with E-state index < -0.39 is 41.4 Å². The number of ether oxygens (including phenoxy) is 2. The van der Waals surface area contributed by atoms with Gasteiger partial charge in [0, 0.05) is 6.42 Å². The van der Waals surface area contributed by atoms with Gasteiger partial charge in [0.05, 0.1) is 13.2 Å². The fourth-order valence-electron chi connectivity index (χ4n) is 2.72. The van der Waals surface area contributed by atoms with Gasteiger partial charge < -0.3 is 24.8 Å². The number of fused-ring (bicyclic) bond motifs is 1. The van der Waals surface area contributed by atoms with E-state index in [1.165, 1.54) is 0 Å². The van der Waals surface area contributed by atoms with E-state index in [1.807, 2.05) is 6.92 Å².